The van der Waals surface area contributed by atoms with E-state index < -0.39 is 10.0 Å². The number of benzene rings is 2. The molecular formula is C20H19ClN4O4S3. The van der Waals surface area contributed by atoms with Gasteiger partial charge >= 0.3 is 0 Å². The zero-order valence-corrected chi connectivity index (χ0v) is 19.9. The molecule has 32 heavy (non-hydrogen) atoms. The summed E-state index contributed by atoms with van der Waals surface area (Å²) in [6.07, 6.45) is 0. The molecule has 1 aromatic heterocycles. The van der Waals surface area contributed by atoms with E-state index >= 15 is 0 Å². The number of thioether (sulfide) groups is 1. The number of rotatable bonds is 7. The maximum absolute atomic E-state index is 12.7. The van der Waals surface area contributed by atoms with Gasteiger partial charge in [-0.15, -0.1) is 10.2 Å². The van der Waals surface area contributed by atoms with Gasteiger partial charge in [0.25, 0.3) is 5.91 Å². The van der Waals surface area contributed by atoms with E-state index in [0.29, 0.717) is 47.8 Å². The van der Waals surface area contributed by atoms with Gasteiger partial charge in [-0.1, -0.05) is 46.8 Å². The number of nitrogens with one attached hydrogen (secondary N) is 1. The molecule has 0 aliphatic carbocycles. The molecule has 168 valence electrons. The topological polar surface area (TPSA) is 101 Å². The molecule has 1 aliphatic heterocycles. The summed E-state index contributed by atoms with van der Waals surface area (Å²) in [5.74, 6) is 0.324. The average Bonchev–Trinajstić information content (AvgIpc) is 3.26. The number of carbonyl (C=O) groups is 1. The summed E-state index contributed by atoms with van der Waals surface area (Å²) in [6, 6.07) is 13.4. The third kappa shape index (κ3) is 5.66. The number of morpholine rings is 1. The summed E-state index contributed by atoms with van der Waals surface area (Å²) in [7, 11) is -3.60. The van der Waals surface area contributed by atoms with E-state index in [9.17, 15) is 13.2 Å². The van der Waals surface area contributed by atoms with Crippen molar-refractivity contribution in [3.63, 3.8) is 0 Å². The van der Waals surface area contributed by atoms with E-state index in [-0.39, 0.29) is 10.8 Å². The van der Waals surface area contributed by atoms with E-state index in [2.05, 4.69) is 15.5 Å². The molecule has 0 bridgehead atoms. The molecule has 3 aromatic rings. The van der Waals surface area contributed by atoms with Gasteiger partial charge in [-0.25, -0.2) is 8.42 Å². The highest BCUT2D eigenvalue weighted by Gasteiger charge is 2.26. The highest BCUT2D eigenvalue weighted by atomic mass is 35.5. The van der Waals surface area contributed by atoms with E-state index in [1.165, 1.54) is 51.7 Å². The van der Waals surface area contributed by atoms with Gasteiger partial charge in [-0.05, 0) is 42.0 Å². The molecule has 1 aliphatic rings. The van der Waals surface area contributed by atoms with Gasteiger partial charge in [0.05, 0.1) is 18.1 Å². The Kier molecular flexibility index (Phi) is 7.44. The molecule has 8 nitrogen and oxygen atoms in total. The minimum absolute atomic E-state index is 0.146. The van der Waals surface area contributed by atoms with E-state index in [4.69, 9.17) is 16.3 Å². The summed E-state index contributed by atoms with van der Waals surface area (Å²) in [5, 5.41) is 11.9. The molecule has 1 fully saturated rings. The van der Waals surface area contributed by atoms with Crippen LogP contribution < -0.4 is 5.32 Å². The third-order valence-corrected chi connectivity index (χ3v) is 8.83. The third-order valence-electron chi connectivity index (χ3n) is 4.63. The molecule has 0 atom stereocenters. The van der Waals surface area contributed by atoms with Gasteiger partial charge in [-0.2, -0.15) is 4.31 Å². The van der Waals surface area contributed by atoms with Crippen LogP contribution in [0.3, 0.4) is 0 Å². The van der Waals surface area contributed by atoms with Gasteiger partial charge < -0.3 is 4.74 Å². The molecular weight excluding hydrogens is 492 g/mol. The Balaban J connectivity index is 1.35. The van der Waals surface area contributed by atoms with Crippen LogP contribution in [-0.4, -0.2) is 55.1 Å². The molecule has 2 aromatic carbocycles. The van der Waals surface area contributed by atoms with Crippen molar-refractivity contribution in [2.75, 3.05) is 31.6 Å². The fourth-order valence-corrected chi connectivity index (χ4v) is 6.16. The van der Waals surface area contributed by atoms with Crippen molar-refractivity contribution in [2.24, 2.45) is 0 Å². The predicted octanol–water partition coefficient (Wildman–Crippen LogP) is 3.76. The molecule has 1 N–H and O–H groups in total. The van der Waals surface area contributed by atoms with E-state index in [1.807, 2.05) is 24.3 Å². The predicted molar refractivity (Wildman–Crippen MR) is 125 cm³/mol. The number of hydrogen-bond donors (Lipinski definition) is 1. The molecule has 0 spiro atoms. The Morgan fingerprint density at radius 2 is 1.78 bits per heavy atom. The Morgan fingerprint density at radius 1 is 1.09 bits per heavy atom. The minimum atomic E-state index is -3.60. The number of halogens is 1. The highest BCUT2D eigenvalue weighted by molar-refractivity contribution is 8.00. The lowest BCUT2D eigenvalue weighted by atomic mass is 10.2. The number of ether oxygens (including phenoxy) is 1. The van der Waals surface area contributed by atoms with Gasteiger partial charge in [-0.3, -0.25) is 10.1 Å². The van der Waals surface area contributed by atoms with Crippen molar-refractivity contribution in [3.8, 4) is 0 Å². The molecule has 12 heteroatoms. The first kappa shape index (κ1) is 23.1. The van der Waals surface area contributed by atoms with Crippen LogP contribution in [-0.2, 0) is 20.5 Å². The molecule has 0 radical (unpaired) electrons. The van der Waals surface area contributed by atoms with Crippen LogP contribution >= 0.6 is 34.7 Å². The van der Waals surface area contributed by atoms with Gasteiger partial charge in [0.2, 0.25) is 15.2 Å². The quantitative estimate of drug-likeness (QED) is 0.381. The van der Waals surface area contributed by atoms with Crippen LogP contribution in [0.1, 0.15) is 15.9 Å². The molecule has 2 heterocycles. The maximum atomic E-state index is 12.7. The van der Waals surface area contributed by atoms with Crippen molar-refractivity contribution in [1.29, 1.82) is 0 Å². The van der Waals surface area contributed by atoms with E-state index in [1.54, 1.807) is 0 Å². The second-order valence-corrected chi connectivity index (χ2v) is 11.4. The smallest absolute Gasteiger partial charge is 0.257 e. The summed E-state index contributed by atoms with van der Waals surface area (Å²) >= 11 is 8.68. The fraction of sp³-hybridized carbons (Fsp3) is 0.250. The molecule has 4 rings (SSSR count). The first-order chi connectivity index (χ1) is 15.4. The number of aromatic nitrogens is 2. The number of anilines is 1. The Hall–Kier alpha value is -2.02. The Labute approximate surface area is 199 Å². The second-order valence-electron chi connectivity index (χ2n) is 6.78. The molecule has 1 saturated heterocycles. The van der Waals surface area contributed by atoms with Crippen LogP contribution in [0.25, 0.3) is 0 Å². The Bertz CT molecular complexity index is 1180. The molecule has 0 unspecified atom stereocenters. The summed E-state index contributed by atoms with van der Waals surface area (Å²) in [4.78, 5) is 12.7. The van der Waals surface area contributed by atoms with Crippen molar-refractivity contribution in [2.45, 2.75) is 15.0 Å². The molecule has 1 amide bonds. The first-order valence-electron chi connectivity index (χ1n) is 9.62. The van der Waals surface area contributed by atoms with E-state index in [0.717, 1.165) is 9.90 Å². The van der Waals surface area contributed by atoms with Crippen molar-refractivity contribution in [1.82, 2.24) is 14.5 Å². The summed E-state index contributed by atoms with van der Waals surface area (Å²) in [5.41, 5.74) is 1.43. The van der Waals surface area contributed by atoms with Crippen LogP contribution in [0.15, 0.2) is 57.8 Å². The number of amides is 1. The van der Waals surface area contributed by atoms with Crippen LogP contribution in [0.5, 0.6) is 0 Å². The van der Waals surface area contributed by atoms with Crippen molar-refractivity contribution >= 4 is 55.8 Å². The zero-order valence-electron chi connectivity index (χ0n) is 16.7. The SMILES string of the molecule is O=C(Nc1nnc(SCc2ccc(Cl)cc2)s1)c1ccc(S(=O)(=O)N2CCOCC2)cc1. The lowest BCUT2D eigenvalue weighted by Gasteiger charge is -2.26. The first-order valence-corrected chi connectivity index (χ1v) is 13.2. The lowest BCUT2D eigenvalue weighted by molar-refractivity contribution is 0.0730. The minimum Gasteiger partial charge on any atom is -0.379 e. The van der Waals surface area contributed by atoms with Gasteiger partial charge in [0.1, 0.15) is 0 Å². The van der Waals surface area contributed by atoms with Crippen LogP contribution in [0.2, 0.25) is 5.02 Å². The van der Waals surface area contributed by atoms with Gasteiger partial charge in [0.15, 0.2) is 4.34 Å². The largest absolute Gasteiger partial charge is 0.379 e. The number of nitrogens with zero attached hydrogens (tertiary/aromatic N) is 3. The van der Waals surface area contributed by atoms with Crippen LogP contribution in [0.4, 0.5) is 5.13 Å². The number of carbonyl (C=O) groups excluding carboxylic acids is 1. The van der Waals surface area contributed by atoms with Gasteiger partial charge in [0, 0.05) is 29.4 Å². The highest BCUT2D eigenvalue weighted by Crippen LogP contribution is 2.29. The summed E-state index contributed by atoms with van der Waals surface area (Å²) < 4.78 is 32.7. The van der Waals surface area contributed by atoms with Crippen molar-refractivity contribution in [3.05, 3.63) is 64.7 Å². The standard InChI is InChI=1S/C20H19ClN4O4S3/c21-16-5-1-14(2-6-16)13-30-20-24-23-19(31-20)22-18(26)15-3-7-17(8-4-15)32(27,28)25-9-11-29-12-10-25/h1-8H,9-13H2,(H,22,23,26). The Morgan fingerprint density at radius 3 is 2.47 bits per heavy atom. The normalized spacial score (nSPS) is 14.9. The second kappa shape index (κ2) is 10.3. The molecule has 0 saturated carbocycles. The zero-order chi connectivity index (χ0) is 22.6. The fourth-order valence-electron chi connectivity index (χ4n) is 2.93. The number of sulfonamides is 1. The lowest BCUT2D eigenvalue weighted by Crippen LogP contribution is -2.40. The maximum Gasteiger partial charge on any atom is 0.257 e. The van der Waals surface area contributed by atoms with Crippen molar-refractivity contribution < 1.29 is 17.9 Å². The monoisotopic (exact) mass is 510 g/mol. The van der Waals surface area contributed by atoms with Crippen LogP contribution in [0, 0.1) is 0 Å². The number of hydrogen-bond acceptors (Lipinski definition) is 8. The average molecular weight is 511 g/mol. The summed E-state index contributed by atoms with van der Waals surface area (Å²) in [6.45, 7) is 1.39.